The highest BCUT2D eigenvalue weighted by Gasteiger charge is 2.47. The summed E-state index contributed by atoms with van der Waals surface area (Å²) in [5, 5.41) is 0. The topological polar surface area (TPSA) is 63.2 Å². The third kappa shape index (κ3) is 8.18. The number of esters is 1. The monoisotopic (exact) mass is 506 g/mol. The molecule has 0 saturated carbocycles. The van der Waals surface area contributed by atoms with E-state index in [9.17, 15) is 4.79 Å². The zero-order chi connectivity index (χ0) is 24.6. The number of alkyl halides is 1. The molecule has 2 aromatic rings. The minimum atomic E-state index is -1.22. The molecule has 0 N–H and O–H groups in total. The van der Waals surface area contributed by atoms with Gasteiger partial charge in [-0.05, 0) is 30.7 Å². The Labute approximate surface area is 208 Å². The molecule has 34 heavy (non-hydrogen) atoms. The highest BCUT2D eigenvalue weighted by molar-refractivity contribution is 6.76. The van der Waals surface area contributed by atoms with Gasteiger partial charge in [0, 0.05) is 14.7 Å². The summed E-state index contributed by atoms with van der Waals surface area (Å²) in [6.45, 7) is 9.79. The van der Waals surface area contributed by atoms with Crippen molar-refractivity contribution in [3.05, 3.63) is 71.8 Å². The molecule has 1 aliphatic rings. The fourth-order valence-electron chi connectivity index (χ4n) is 3.60. The van der Waals surface area contributed by atoms with Crippen LogP contribution in [0.3, 0.4) is 0 Å². The van der Waals surface area contributed by atoms with E-state index in [4.69, 9.17) is 35.3 Å². The highest BCUT2D eigenvalue weighted by Crippen LogP contribution is 2.31. The van der Waals surface area contributed by atoms with Crippen molar-refractivity contribution in [2.45, 2.75) is 69.2 Å². The van der Waals surface area contributed by atoms with Crippen molar-refractivity contribution in [2.75, 3.05) is 13.4 Å². The van der Waals surface area contributed by atoms with Crippen molar-refractivity contribution in [3.8, 4) is 0 Å². The molecule has 0 aliphatic carbocycles. The third-order valence-corrected chi connectivity index (χ3v) is 7.65. The van der Waals surface area contributed by atoms with Crippen LogP contribution in [0.1, 0.15) is 22.8 Å². The van der Waals surface area contributed by atoms with E-state index >= 15 is 0 Å². The van der Waals surface area contributed by atoms with Crippen LogP contribution in [0.25, 0.3) is 0 Å². The lowest BCUT2D eigenvalue weighted by atomic mass is 10.00. The van der Waals surface area contributed by atoms with Crippen LogP contribution in [-0.2, 0) is 30.3 Å². The number of hydrogen-bond donors (Lipinski definition) is 0. The first-order valence-corrected chi connectivity index (χ1v) is 15.8. The van der Waals surface area contributed by atoms with Gasteiger partial charge in [-0.2, -0.15) is 0 Å². The maximum Gasteiger partial charge on any atom is 0.338 e. The maximum absolute atomic E-state index is 12.8. The summed E-state index contributed by atoms with van der Waals surface area (Å²) < 4.78 is 29.8. The Bertz CT molecular complexity index is 876. The summed E-state index contributed by atoms with van der Waals surface area (Å²) in [6, 6.07) is 19.6. The van der Waals surface area contributed by atoms with Crippen molar-refractivity contribution in [2.24, 2.45) is 0 Å². The average molecular weight is 507 g/mol. The Balaban J connectivity index is 1.72. The lowest BCUT2D eigenvalue weighted by Gasteiger charge is -2.42. The Morgan fingerprint density at radius 3 is 2.24 bits per heavy atom. The molecule has 0 aromatic heterocycles. The summed E-state index contributed by atoms with van der Waals surface area (Å²) in [5.74, 6) is -0.496. The predicted molar refractivity (Wildman–Crippen MR) is 135 cm³/mol. The molecule has 1 fully saturated rings. The predicted octanol–water partition coefficient (Wildman–Crippen LogP) is 5.48. The second-order valence-electron chi connectivity index (χ2n) is 9.66. The van der Waals surface area contributed by atoms with Gasteiger partial charge in [-0.25, -0.2) is 4.79 Å². The van der Waals surface area contributed by atoms with Crippen LogP contribution in [0, 0.1) is 0 Å². The molecule has 1 saturated heterocycles. The molecule has 186 valence electrons. The van der Waals surface area contributed by atoms with Gasteiger partial charge < -0.3 is 23.7 Å². The molecule has 1 aliphatic heterocycles. The summed E-state index contributed by atoms with van der Waals surface area (Å²) >= 11 is 6.52. The molecular weight excluding hydrogens is 472 g/mol. The molecule has 0 amide bonds. The molecule has 0 unspecified atom stereocenters. The molecule has 2 aromatic carbocycles. The van der Waals surface area contributed by atoms with Crippen molar-refractivity contribution >= 4 is 25.6 Å². The van der Waals surface area contributed by atoms with Crippen LogP contribution >= 0.6 is 11.6 Å². The minimum absolute atomic E-state index is 0.0516. The van der Waals surface area contributed by atoms with Crippen molar-refractivity contribution in [1.82, 2.24) is 0 Å². The Hall–Kier alpha value is -1.74. The lowest BCUT2D eigenvalue weighted by molar-refractivity contribution is -0.246. The van der Waals surface area contributed by atoms with E-state index in [1.165, 1.54) is 0 Å². The van der Waals surface area contributed by atoms with Crippen molar-refractivity contribution in [1.29, 1.82) is 0 Å². The lowest BCUT2D eigenvalue weighted by Crippen LogP contribution is -2.58. The van der Waals surface area contributed by atoms with Gasteiger partial charge in [0.1, 0.15) is 19.0 Å². The number of hydrogen-bond acceptors (Lipinski definition) is 6. The molecule has 8 heteroatoms. The quantitative estimate of drug-likeness (QED) is 0.132. The fourth-order valence-corrected chi connectivity index (χ4v) is 4.71. The van der Waals surface area contributed by atoms with Gasteiger partial charge in [0.2, 0.25) is 0 Å². The first-order valence-electron chi connectivity index (χ1n) is 11.6. The average Bonchev–Trinajstić information content (AvgIpc) is 2.81. The molecule has 0 radical (unpaired) electrons. The number of carbonyl (C=O) groups excluding carboxylic acids is 1. The summed E-state index contributed by atoms with van der Waals surface area (Å²) in [7, 11) is -1.22. The first kappa shape index (κ1) is 26.9. The number of halogens is 1. The van der Waals surface area contributed by atoms with Crippen molar-refractivity contribution in [3.63, 3.8) is 0 Å². The number of benzene rings is 2. The summed E-state index contributed by atoms with van der Waals surface area (Å²) in [6.07, 6.45) is -2.41. The van der Waals surface area contributed by atoms with E-state index in [1.807, 2.05) is 43.3 Å². The molecule has 5 atom stereocenters. The van der Waals surface area contributed by atoms with Crippen LogP contribution in [-0.4, -0.2) is 57.4 Å². The van der Waals surface area contributed by atoms with Gasteiger partial charge in [0.25, 0.3) is 0 Å². The van der Waals surface area contributed by atoms with Crippen LogP contribution in [0.5, 0.6) is 0 Å². The molecule has 0 bridgehead atoms. The van der Waals surface area contributed by atoms with Gasteiger partial charge in [0.05, 0.1) is 18.3 Å². The number of ether oxygens (including phenoxy) is 5. The van der Waals surface area contributed by atoms with E-state index in [0.29, 0.717) is 18.8 Å². The van der Waals surface area contributed by atoms with E-state index in [-0.39, 0.29) is 12.9 Å². The Morgan fingerprint density at radius 1 is 0.941 bits per heavy atom. The van der Waals surface area contributed by atoms with Gasteiger partial charge in [-0.1, -0.05) is 79.8 Å². The maximum atomic E-state index is 12.8. The largest absolute Gasteiger partial charge is 0.452 e. The number of carbonyl (C=O) groups is 1. The minimum Gasteiger partial charge on any atom is -0.452 e. The van der Waals surface area contributed by atoms with E-state index in [2.05, 4.69) is 19.6 Å². The fraction of sp³-hybridized carbons (Fsp3) is 0.500. The Morgan fingerprint density at radius 2 is 1.59 bits per heavy atom. The third-order valence-electron chi connectivity index (χ3n) is 5.59. The summed E-state index contributed by atoms with van der Waals surface area (Å²) in [5.41, 5.74) is 0.564. The van der Waals surface area contributed by atoms with Gasteiger partial charge >= 0.3 is 5.97 Å². The van der Waals surface area contributed by atoms with Gasteiger partial charge in [0.15, 0.2) is 11.7 Å². The standard InChI is InChI=1S/C26H35ClO6Si/c1-19-22(30-17-20-11-7-5-8-12-20)23(31-18-29-15-16-34(2,3)4)24(25(27)32-19)33-26(28)21-13-9-6-10-14-21/h5-14,19,22-25H,15-18H2,1-4H3/t19-,22-,23+,24+,25+/m0/s1. The van der Waals surface area contributed by atoms with E-state index in [1.54, 1.807) is 24.3 Å². The molecule has 3 rings (SSSR count). The van der Waals surface area contributed by atoms with Crippen LogP contribution < -0.4 is 0 Å². The van der Waals surface area contributed by atoms with E-state index < -0.39 is 37.9 Å². The summed E-state index contributed by atoms with van der Waals surface area (Å²) in [4.78, 5) is 12.8. The zero-order valence-electron chi connectivity index (χ0n) is 20.3. The molecule has 1 heterocycles. The zero-order valence-corrected chi connectivity index (χ0v) is 22.1. The highest BCUT2D eigenvalue weighted by atomic mass is 35.5. The second-order valence-corrected chi connectivity index (χ2v) is 15.7. The van der Waals surface area contributed by atoms with Crippen LogP contribution in [0.15, 0.2) is 60.7 Å². The van der Waals surface area contributed by atoms with Gasteiger partial charge in [-0.15, -0.1) is 0 Å². The molecule has 0 spiro atoms. The Kier molecular flexibility index (Phi) is 10.1. The van der Waals surface area contributed by atoms with Gasteiger partial charge in [-0.3, -0.25) is 0 Å². The smallest absolute Gasteiger partial charge is 0.338 e. The number of rotatable bonds is 11. The van der Waals surface area contributed by atoms with Crippen LogP contribution in [0.2, 0.25) is 25.7 Å². The first-order chi connectivity index (χ1) is 16.2. The molecular formula is C26H35ClO6Si. The van der Waals surface area contributed by atoms with E-state index in [0.717, 1.165) is 11.6 Å². The molecule has 6 nitrogen and oxygen atoms in total. The normalized spacial score (nSPS) is 25.1. The second kappa shape index (κ2) is 12.8. The van der Waals surface area contributed by atoms with Crippen LogP contribution in [0.4, 0.5) is 0 Å². The van der Waals surface area contributed by atoms with Crippen molar-refractivity contribution < 1.29 is 28.5 Å². The SMILES string of the molecule is C[C@@H]1O[C@@H](Cl)[C@H](OC(=O)c2ccccc2)[C@H](OCOCC[Si](C)(C)C)[C@H]1OCc1ccccc1.